The smallest absolute Gasteiger partial charge is 0.335 e. The lowest BCUT2D eigenvalue weighted by Crippen LogP contribution is -2.86. The zero-order valence-corrected chi connectivity index (χ0v) is 23.5. The highest BCUT2D eigenvalue weighted by atomic mass is 32.2. The molecule has 0 aliphatic carbocycles. The Morgan fingerprint density at radius 1 is 1.05 bits per heavy atom. The number of hydrogen-bond donors (Lipinski definition) is 5. The fourth-order valence-corrected chi connectivity index (χ4v) is 7.44. The Morgan fingerprint density at radius 3 is 2.62 bits per heavy atom. The van der Waals surface area contributed by atoms with Crippen LogP contribution in [0.2, 0.25) is 0 Å². The number of carboxylic acids is 1. The second-order valence-corrected chi connectivity index (χ2v) is 13.1. The monoisotopic (exact) mass is 600 g/mol. The SMILES string of the molecule is O=C(O)c1cccc(CNC(=O)c2csc(S(=O)(=O)Nc3ccc4nc(NC(=O)C5CC[NH2+]CC5)sc4c3)c2)c1. The number of thiophene rings is 1. The molecule has 4 aromatic rings. The minimum Gasteiger partial charge on any atom is -0.478 e. The van der Waals surface area contributed by atoms with Gasteiger partial charge >= 0.3 is 5.97 Å². The van der Waals surface area contributed by atoms with Crippen LogP contribution in [0.4, 0.5) is 10.8 Å². The highest BCUT2D eigenvalue weighted by Gasteiger charge is 2.24. The lowest BCUT2D eigenvalue weighted by molar-refractivity contribution is -0.663. The molecule has 11 nitrogen and oxygen atoms in total. The minimum atomic E-state index is -3.97. The molecule has 0 atom stereocenters. The van der Waals surface area contributed by atoms with E-state index in [0.717, 1.165) is 37.3 Å². The van der Waals surface area contributed by atoms with E-state index in [1.165, 1.54) is 34.9 Å². The summed E-state index contributed by atoms with van der Waals surface area (Å²) in [6, 6.07) is 12.4. The molecule has 1 aliphatic rings. The van der Waals surface area contributed by atoms with Crippen LogP contribution >= 0.6 is 22.7 Å². The number of aromatic carboxylic acids is 1. The predicted octanol–water partition coefficient (Wildman–Crippen LogP) is 2.70. The highest BCUT2D eigenvalue weighted by Crippen LogP contribution is 2.30. The summed E-state index contributed by atoms with van der Waals surface area (Å²) in [5.74, 6) is -1.62. The third-order valence-electron chi connectivity index (χ3n) is 6.41. The van der Waals surface area contributed by atoms with E-state index in [2.05, 4.69) is 25.7 Å². The molecule has 40 heavy (non-hydrogen) atoms. The fourth-order valence-electron chi connectivity index (χ4n) is 4.32. The van der Waals surface area contributed by atoms with Crippen molar-refractivity contribution in [2.24, 2.45) is 5.92 Å². The third kappa shape index (κ3) is 6.47. The maximum atomic E-state index is 13.0. The molecule has 0 unspecified atom stereocenters. The Hall–Kier alpha value is -3.85. The van der Waals surface area contributed by atoms with Gasteiger partial charge in [0.15, 0.2) is 5.13 Å². The molecule has 0 spiro atoms. The molecule has 5 rings (SSSR count). The largest absolute Gasteiger partial charge is 0.478 e. The standard InChI is InChI=1S/C26H25N5O6S3/c32-23(28-13-15-2-1-3-17(10-15)25(34)35)18-11-22(38-14-18)40(36,37)31-19-4-5-20-21(12-19)39-26(29-20)30-24(33)16-6-8-27-9-7-16/h1-5,10-12,14,16,27,31H,6-9,13H2,(H,28,32)(H,34,35)(H,29,30,33)/p+1. The molecular weight excluding hydrogens is 575 g/mol. The van der Waals surface area contributed by atoms with Gasteiger partial charge in [-0.05, 0) is 42.0 Å². The van der Waals surface area contributed by atoms with Gasteiger partial charge in [0.2, 0.25) is 5.91 Å². The summed E-state index contributed by atoms with van der Waals surface area (Å²) in [4.78, 5) is 40.7. The van der Waals surface area contributed by atoms with Crippen molar-refractivity contribution in [3.63, 3.8) is 0 Å². The number of nitrogens with zero attached hydrogens (tertiary/aromatic N) is 1. The van der Waals surface area contributed by atoms with Crippen molar-refractivity contribution in [3.05, 3.63) is 70.6 Å². The Balaban J connectivity index is 1.22. The first kappa shape index (κ1) is 27.7. The number of anilines is 2. The fraction of sp³-hybridized carbons (Fsp3) is 0.231. The van der Waals surface area contributed by atoms with Gasteiger partial charge in [-0.15, -0.1) is 11.3 Å². The number of nitrogens with one attached hydrogen (secondary N) is 3. The molecule has 2 aromatic carbocycles. The molecule has 6 N–H and O–H groups in total. The highest BCUT2D eigenvalue weighted by molar-refractivity contribution is 7.94. The van der Waals surface area contributed by atoms with Crippen molar-refractivity contribution >= 4 is 71.5 Å². The van der Waals surface area contributed by atoms with Crippen molar-refractivity contribution in [2.75, 3.05) is 23.1 Å². The van der Waals surface area contributed by atoms with E-state index >= 15 is 0 Å². The number of sulfonamides is 1. The molecule has 0 radical (unpaired) electrons. The molecule has 2 amide bonds. The van der Waals surface area contributed by atoms with Crippen molar-refractivity contribution < 1.29 is 33.2 Å². The maximum Gasteiger partial charge on any atom is 0.335 e. The van der Waals surface area contributed by atoms with E-state index < -0.39 is 21.9 Å². The van der Waals surface area contributed by atoms with Crippen LogP contribution in [-0.2, 0) is 21.4 Å². The maximum absolute atomic E-state index is 13.0. The number of nitrogens with two attached hydrogens (primary N) is 1. The van der Waals surface area contributed by atoms with Crippen molar-refractivity contribution in [1.82, 2.24) is 10.3 Å². The Bertz CT molecular complexity index is 1690. The first-order valence-electron chi connectivity index (χ1n) is 12.4. The number of quaternary nitrogens is 1. The average molecular weight is 601 g/mol. The molecular formula is C26H26N5O6S3+. The number of benzene rings is 2. The van der Waals surface area contributed by atoms with Crippen LogP contribution in [0, 0.1) is 5.92 Å². The van der Waals surface area contributed by atoms with Crippen LogP contribution in [0.25, 0.3) is 10.2 Å². The Morgan fingerprint density at radius 2 is 1.85 bits per heavy atom. The topological polar surface area (TPSA) is 171 Å². The second kappa shape index (κ2) is 11.7. The van der Waals surface area contributed by atoms with E-state index in [4.69, 9.17) is 5.11 Å². The Labute approximate surface area is 237 Å². The van der Waals surface area contributed by atoms with Crippen molar-refractivity contribution in [1.29, 1.82) is 0 Å². The number of carbonyl (C=O) groups is 3. The molecule has 0 bridgehead atoms. The van der Waals surface area contributed by atoms with E-state index in [1.54, 1.807) is 30.3 Å². The Kier molecular flexibility index (Phi) is 8.12. The number of carboxylic acid groups (broad SMARTS) is 1. The van der Waals surface area contributed by atoms with Crippen LogP contribution in [0.3, 0.4) is 0 Å². The normalized spacial score (nSPS) is 14.1. The van der Waals surface area contributed by atoms with Crippen LogP contribution in [0.5, 0.6) is 0 Å². The summed E-state index contributed by atoms with van der Waals surface area (Å²) in [6.07, 6.45) is 1.66. The van der Waals surface area contributed by atoms with Gasteiger partial charge in [-0.3, -0.25) is 14.3 Å². The van der Waals surface area contributed by atoms with Crippen LogP contribution in [0.15, 0.2) is 58.1 Å². The number of rotatable bonds is 9. The summed E-state index contributed by atoms with van der Waals surface area (Å²) in [6.45, 7) is 1.95. The van der Waals surface area contributed by atoms with Gasteiger partial charge in [0, 0.05) is 30.7 Å². The molecule has 0 saturated carbocycles. The lowest BCUT2D eigenvalue weighted by Gasteiger charge is -2.18. The van der Waals surface area contributed by atoms with Crippen molar-refractivity contribution in [2.45, 2.75) is 23.6 Å². The minimum absolute atomic E-state index is 0.0275. The number of amides is 2. The van der Waals surface area contributed by atoms with Gasteiger partial charge in [0.25, 0.3) is 15.9 Å². The number of fused-ring (bicyclic) bond motifs is 1. The van der Waals surface area contributed by atoms with Gasteiger partial charge in [-0.25, -0.2) is 18.2 Å². The number of piperidine rings is 1. The van der Waals surface area contributed by atoms with Gasteiger partial charge in [0.1, 0.15) is 4.21 Å². The molecule has 1 fully saturated rings. The summed E-state index contributed by atoms with van der Waals surface area (Å²) in [5, 5.41) is 18.8. The van der Waals surface area contributed by atoms with Gasteiger partial charge < -0.3 is 21.1 Å². The quantitative estimate of drug-likeness (QED) is 0.197. The molecule has 1 aliphatic heterocycles. The van der Waals surface area contributed by atoms with Gasteiger partial charge in [-0.2, -0.15) is 0 Å². The molecule has 3 heterocycles. The summed E-state index contributed by atoms with van der Waals surface area (Å²) < 4.78 is 29.3. The molecule has 208 valence electrons. The predicted molar refractivity (Wildman–Crippen MR) is 152 cm³/mol. The number of thiazole rings is 1. The number of aromatic nitrogens is 1. The van der Waals surface area contributed by atoms with E-state index in [-0.39, 0.29) is 33.7 Å². The first-order valence-corrected chi connectivity index (χ1v) is 15.6. The number of carbonyl (C=O) groups excluding carboxylic acids is 2. The second-order valence-electron chi connectivity index (χ2n) is 9.28. The van der Waals surface area contributed by atoms with Crippen molar-refractivity contribution in [3.8, 4) is 0 Å². The average Bonchev–Trinajstić information content (AvgIpc) is 3.60. The first-order chi connectivity index (χ1) is 19.2. The molecule has 2 aromatic heterocycles. The van der Waals surface area contributed by atoms with E-state index in [1.807, 2.05) is 0 Å². The van der Waals surface area contributed by atoms with Gasteiger partial charge in [-0.1, -0.05) is 23.5 Å². The van der Waals surface area contributed by atoms with Crippen LogP contribution in [-0.4, -0.2) is 49.4 Å². The zero-order valence-electron chi connectivity index (χ0n) is 21.0. The van der Waals surface area contributed by atoms with E-state index in [9.17, 15) is 22.8 Å². The third-order valence-corrected chi connectivity index (χ3v) is 10.2. The lowest BCUT2D eigenvalue weighted by atomic mass is 9.97. The summed E-state index contributed by atoms with van der Waals surface area (Å²) >= 11 is 2.18. The molecule has 1 saturated heterocycles. The molecule has 14 heteroatoms. The van der Waals surface area contributed by atoms with Crippen LogP contribution in [0.1, 0.15) is 39.1 Å². The van der Waals surface area contributed by atoms with Gasteiger partial charge in [0.05, 0.1) is 40.1 Å². The zero-order chi connectivity index (χ0) is 28.3. The summed E-state index contributed by atoms with van der Waals surface area (Å²) in [5.41, 5.74) is 1.86. The van der Waals surface area contributed by atoms with Crippen LogP contribution < -0.4 is 20.7 Å². The number of hydrogen-bond acceptors (Lipinski definition) is 8. The summed E-state index contributed by atoms with van der Waals surface area (Å²) in [7, 11) is -3.97. The van der Waals surface area contributed by atoms with E-state index in [0.29, 0.717) is 26.6 Å².